The van der Waals surface area contributed by atoms with E-state index in [1.165, 1.54) is 33.0 Å². The van der Waals surface area contributed by atoms with E-state index in [0.717, 1.165) is 11.0 Å². The van der Waals surface area contributed by atoms with Crippen molar-refractivity contribution in [1.29, 1.82) is 0 Å². The van der Waals surface area contributed by atoms with Gasteiger partial charge in [0.05, 0.1) is 11.0 Å². The lowest BCUT2D eigenvalue weighted by Crippen LogP contribution is -2.14. The quantitative estimate of drug-likeness (QED) is 0.487. The highest BCUT2D eigenvalue weighted by molar-refractivity contribution is 6.01. The van der Waals surface area contributed by atoms with Crippen molar-refractivity contribution < 1.29 is 0 Å². The van der Waals surface area contributed by atoms with E-state index in [4.69, 9.17) is 4.98 Å². The number of rotatable bonds is 0. The molecule has 0 saturated heterocycles. The Bertz CT molecular complexity index is 851. The lowest BCUT2D eigenvalue weighted by atomic mass is 9.80. The molecule has 0 saturated carbocycles. The van der Waals surface area contributed by atoms with Crippen LogP contribution in [0.1, 0.15) is 43.0 Å². The number of nitrogens with zero attached hydrogens (tertiary/aromatic N) is 1. The molecule has 0 aliphatic carbocycles. The van der Waals surface area contributed by atoms with Crippen LogP contribution < -0.4 is 0 Å². The third-order valence-electron chi connectivity index (χ3n) is 4.45. The van der Waals surface area contributed by atoms with Gasteiger partial charge < -0.3 is 0 Å². The molecule has 0 bridgehead atoms. The van der Waals surface area contributed by atoms with Gasteiger partial charge in [0.1, 0.15) is 0 Å². The number of pyridine rings is 1. The van der Waals surface area contributed by atoms with Crippen molar-refractivity contribution in [1.82, 2.24) is 4.98 Å². The SMILES string of the molecule is Cc1ccc2nc3c(C)cccc3c(C(C)(C)C)c2c1C. The molecule has 3 rings (SSSR count). The normalized spacial score (nSPS) is 12.3. The van der Waals surface area contributed by atoms with Crippen LogP contribution in [0.4, 0.5) is 0 Å². The predicted molar refractivity (Wildman–Crippen MR) is 92.2 cm³/mol. The van der Waals surface area contributed by atoms with Crippen molar-refractivity contribution in [2.45, 2.75) is 47.0 Å². The molecule has 0 N–H and O–H groups in total. The molecule has 0 spiro atoms. The van der Waals surface area contributed by atoms with Crippen molar-refractivity contribution in [2.75, 3.05) is 0 Å². The second-order valence-electron chi connectivity index (χ2n) is 7.11. The maximum Gasteiger partial charge on any atom is 0.0741 e. The lowest BCUT2D eigenvalue weighted by Gasteiger charge is -2.25. The summed E-state index contributed by atoms with van der Waals surface area (Å²) in [6.07, 6.45) is 0. The van der Waals surface area contributed by atoms with Crippen LogP contribution in [0.3, 0.4) is 0 Å². The number of aryl methyl sites for hydroxylation is 3. The molecule has 21 heavy (non-hydrogen) atoms. The maximum atomic E-state index is 4.95. The molecule has 0 atom stereocenters. The first-order valence-electron chi connectivity index (χ1n) is 7.60. The maximum absolute atomic E-state index is 4.95. The molecule has 0 fully saturated rings. The Labute approximate surface area is 127 Å². The summed E-state index contributed by atoms with van der Waals surface area (Å²) in [5.41, 5.74) is 7.70. The Morgan fingerprint density at radius 2 is 1.57 bits per heavy atom. The molecule has 0 aliphatic heterocycles. The average Bonchev–Trinajstić information content (AvgIpc) is 2.40. The molecule has 1 heteroatoms. The summed E-state index contributed by atoms with van der Waals surface area (Å²) in [6, 6.07) is 10.9. The number of para-hydroxylation sites is 1. The minimum Gasteiger partial charge on any atom is -0.247 e. The van der Waals surface area contributed by atoms with Crippen LogP contribution in [-0.2, 0) is 5.41 Å². The first-order valence-corrected chi connectivity index (χ1v) is 7.60. The Morgan fingerprint density at radius 1 is 0.857 bits per heavy atom. The third-order valence-corrected chi connectivity index (χ3v) is 4.45. The molecule has 1 nitrogen and oxygen atoms in total. The topological polar surface area (TPSA) is 12.9 Å². The summed E-state index contributed by atoms with van der Waals surface area (Å²) in [4.78, 5) is 4.95. The second kappa shape index (κ2) is 4.56. The van der Waals surface area contributed by atoms with Gasteiger partial charge in [-0.1, -0.05) is 45.0 Å². The minimum absolute atomic E-state index is 0.0891. The van der Waals surface area contributed by atoms with Gasteiger partial charge in [0.25, 0.3) is 0 Å². The second-order valence-corrected chi connectivity index (χ2v) is 7.11. The molecular weight excluding hydrogens is 254 g/mol. The molecule has 2 aromatic carbocycles. The highest BCUT2D eigenvalue weighted by Gasteiger charge is 2.23. The van der Waals surface area contributed by atoms with E-state index < -0.39 is 0 Å². The number of benzene rings is 2. The largest absolute Gasteiger partial charge is 0.247 e. The Morgan fingerprint density at radius 3 is 2.24 bits per heavy atom. The van der Waals surface area contributed by atoms with Crippen LogP contribution in [0.2, 0.25) is 0 Å². The minimum atomic E-state index is 0.0891. The summed E-state index contributed by atoms with van der Waals surface area (Å²) in [7, 11) is 0. The van der Waals surface area contributed by atoms with Crippen LogP contribution in [0.5, 0.6) is 0 Å². The van der Waals surface area contributed by atoms with Crippen LogP contribution in [0, 0.1) is 20.8 Å². The van der Waals surface area contributed by atoms with E-state index in [2.05, 4.69) is 71.9 Å². The molecule has 1 aromatic heterocycles. The molecule has 108 valence electrons. The standard InChI is InChI=1S/C20H23N/c1-12-10-11-16-17(14(12)3)18(20(4,5)6)15-9-7-8-13(2)19(15)21-16/h7-11H,1-6H3. The highest BCUT2D eigenvalue weighted by Crippen LogP contribution is 2.38. The summed E-state index contributed by atoms with van der Waals surface area (Å²) in [5.74, 6) is 0. The van der Waals surface area contributed by atoms with Crippen molar-refractivity contribution in [3.8, 4) is 0 Å². The van der Waals surface area contributed by atoms with E-state index in [1.807, 2.05) is 0 Å². The highest BCUT2D eigenvalue weighted by atomic mass is 14.7. The molecule has 1 heterocycles. The molecule has 0 unspecified atom stereocenters. The first-order chi connectivity index (χ1) is 9.80. The fraction of sp³-hybridized carbons (Fsp3) is 0.350. The Kier molecular flexibility index (Phi) is 3.05. The number of fused-ring (bicyclic) bond motifs is 2. The van der Waals surface area contributed by atoms with Gasteiger partial charge in [-0.05, 0) is 54.5 Å². The van der Waals surface area contributed by atoms with Gasteiger partial charge in [-0.25, -0.2) is 4.98 Å². The zero-order chi connectivity index (χ0) is 15.4. The van der Waals surface area contributed by atoms with Crippen LogP contribution in [-0.4, -0.2) is 4.98 Å². The monoisotopic (exact) mass is 277 g/mol. The molecule has 0 amide bonds. The lowest BCUT2D eigenvalue weighted by molar-refractivity contribution is 0.600. The number of hydrogen-bond acceptors (Lipinski definition) is 1. The van der Waals surface area contributed by atoms with Gasteiger partial charge in [0, 0.05) is 10.8 Å². The Hall–Kier alpha value is -1.89. The molecular formula is C20H23N. The summed E-state index contributed by atoms with van der Waals surface area (Å²) in [5, 5.41) is 2.63. The van der Waals surface area contributed by atoms with Crippen molar-refractivity contribution in [2.24, 2.45) is 0 Å². The van der Waals surface area contributed by atoms with Gasteiger partial charge >= 0.3 is 0 Å². The van der Waals surface area contributed by atoms with Crippen LogP contribution in [0.25, 0.3) is 21.8 Å². The van der Waals surface area contributed by atoms with Gasteiger partial charge in [-0.15, -0.1) is 0 Å². The predicted octanol–water partition coefficient (Wildman–Crippen LogP) is 5.61. The summed E-state index contributed by atoms with van der Waals surface area (Å²) >= 11 is 0. The third kappa shape index (κ3) is 2.12. The number of aromatic nitrogens is 1. The van der Waals surface area contributed by atoms with Gasteiger partial charge in [0.2, 0.25) is 0 Å². The van der Waals surface area contributed by atoms with Crippen molar-refractivity contribution >= 4 is 21.8 Å². The fourth-order valence-electron chi connectivity index (χ4n) is 3.25. The van der Waals surface area contributed by atoms with E-state index in [0.29, 0.717) is 0 Å². The van der Waals surface area contributed by atoms with E-state index in [9.17, 15) is 0 Å². The van der Waals surface area contributed by atoms with Crippen LogP contribution >= 0.6 is 0 Å². The van der Waals surface area contributed by atoms with Gasteiger partial charge in [-0.2, -0.15) is 0 Å². The Balaban J connectivity index is 2.66. The smallest absolute Gasteiger partial charge is 0.0741 e. The first kappa shape index (κ1) is 14.1. The molecule has 0 aliphatic rings. The van der Waals surface area contributed by atoms with Gasteiger partial charge in [-0.3, -0.25) is 0 Å². The van der Waals surface area contributed by atoms with E-state index >= 15 is 0 Å². The summed E-state index contributed by atoms with van der Waals surface area (Å²) in [6.45, 7) is 13.4. The number of hydrogen-bond donors (Lipinski definition) is 0. The van der Waals surface area contributed by atoms with Gasteiger partial charge in [0.15, 0.2) is 0 Å². The zero-order valence-electron chi connectivity index (χ0n) is 13.8. The van der Waals surface area contributed by atoms with Crippen molar-refractivity contribution in [3.05, 3.63) is 52.6 Å². The molecule has 0 radical (unpaired) electrons. The van der Waals surface area contributed by atoms with E-state index in [-0.39, 0.29) is 5.41 Å². The van der Waals surface area contributed by atoms with E-state index in [1.54, 1.807) is 0 Å². The van der Waals surface area contributed by atoms with Crippen LogP contribution in [0.15, 0.2) is 30.3 Å². The van der Waals surface area contributed by atoms with Crippen molar-refractivity contribution in [3.63, 3.8) is 0 Å². The molecule has 3 aromatic rings. The summed E-state index contributed by atoms with van der Waals surface area (Å²) < 4.78 is 0. The average molecular weight is 277 g/mol. The zero-order valence-corrected chi connectivity index (χ0v) is 13.8. The fourth-order valence-corrected chi connectivity index (χ4v) is 3.25.